The van der Waals surface area contributed by atoms with Crippen LogP contribution >= 0.6 is 7.60 Å². The highest BCUT2D eigenvalue weighted by Gasteiger charge is 2.29. The first kappa shape index (κ1) is 19.5. The smallest absolute Gasteiger partial charge is 0.416 e. The van der Waals surface area contributed by atoms with Crippen LogP contribution in [0, 0.1) is 0 Å². The van der Waals surface area contributed by atoms with Crippen LogP contribution in [-0.2, 0) is 15.3 Å². The lowest BCUT2D eigenvalue weighted by atomic mass is 9.98. The molecule has 3 rings (SSSR count). The zero-order chi connectivity index (χ0) is 19.1. The molecule has 0 heterocycles. The number of hydrogen-bond acceptors (Lipinski definition) is 3. The topological polar surface area (TPSA) is 35.5 Å². The quantitative estimate of drug-likeness (QED) is 0.452. The van der Waals surface area contributed by atoms with Gasteiger partial charge in [-0.05, 0) is 60.6 Å². The number of rotatable bonds is 8. The fourth-order valence-electron chi connectivity index (χ4n) is 2.95. The molecule has 142 valence electrons. The monoisotopic (exact) mass is 382 g/mol. The van der Waals surface area contributed by atoms with Crippen molar-refractivity contribution in [3.8, 4) is 5.75 Å². The third-order valence-corrected chi connectivity index (χ3v) is 6.46. The SMILES string of the molecule is CCC(C)c1ccc(CP(=O)(OC2=CCCC=C2)Oc2ccccc2)cc1. The highest BCUT2D eigenvalue weighted by Crippen LogP contribution is 2.53. The fraction of sp³-hybridized carbons (Fsp3) is 0.304. The van der Waals surface area contributed by atoms with Crippen molar-refractivity contribution >= 4 is 7.60 Å². The summed E-state index contributed by atoms with van der Waals surface area (Å²) in [5, 5.41) is 0. The Labute approximate surface area is 162 Å². The van der Waals surface area contributed by atoms with Crippen LogP contribution in [0.3, 0.4) is 0 Å². The third kappa shape index (κ3) is 5.61. The van der Waals surface area contributed by atoms with E-state index in [2.05, 4.69) is 26.0 Å². The maximum atomic E-state index is 13.6. The van der Waals surface area contributed by atoms with E-state index in [1.165, 1.54) is 5.56 Å². The standard InChI is InChI=1S/C23H27O3P/c1-3-19(2)21-16-14-20(15-17-21)18-27(24,25-22-10-6-4-7-11-22)26-23-12-8-5-9-13-23/h4,6-8,10-17,19H,3,5,9,18H2,1-2H3. The van der Waals surface area contributed by atoms with Crippen molar-refractivity contribution in [2.75, 3.05) is 0 Å². The molecule has 0 aliphatic heterocycles. The van der Waals surface area contributed by atoms with Crippen molar-refractivity contribution < 1.29 is 13.6 Å². The van der Waals surface area contributed by atoms with Crippen molar-refractivity contribution in [2.24, 2.45) is 0 Å². The molecule has 2 aromatic rings. The average Bonchev–Trinajstić information content (AvgIpc) is 2.69. The summed E-state index contributed by atoms with van der Waals surface area (Å²) in [6, 6.07) is 17.5. The first-order valence-electron chi connectivity index (χ1n) is 9.57. The molecule has 0 radical (unpaired) electrons. The Morgan fingerprint density at radius 2 is 1.74 bits per heavy atom. The number of benzene rings is 2. The average molecular weight is 382 g/mol. The molecular weight excluding hydrogens is 355 g/mol. The zero-order valence-corrected chi connectivity index (χ0v) is 16.9. The van der Waals surface area contributed by atoms with Gasteiger partial charge in [0.1, 0.15) is 11.5 Å². The summed E-state index contributed by atoms with van der Waals surface area (Å²) in [7, 11) is -3.40. The van der Waals surface area contributed by atoms with E-state index in [0.29, 0.717) is 17.4 Å². The van der Waals surface area contributed by atoms with Gasteiger partial charge >= 0.3 is 7.60 Å². The van der Waals surface area contributed by atoms with Gasteiger partial charge in [0.15, 0.2) is 0 Å². The molecule has 0 bridgehead atoms. The van der Waals surface area contributed by atoms with Gasteiger partial charge in [-0.1, -0.05) is 62.4 Å². The van der Waals surface area contributed by atoms with Gasteiger partial charge in [-0.3, -0.25) is 0 Å². The largest absolute Gasteiger partial charge is 0.435 e. The van der Waals surface area contributed by atoms with Crippen LogP contribution in [-0.4, -0.2) is 0 Å². The second-order valence-corrected chi connectivity index (χ2v) is 8.80. The molecule has 3 nitrogen and oxygen atoms in total. The molecule has 0 saturated carbocycles. The van der Waals surface area contributed by atoms with Gasteiger partial charge in [0, 0.05) is 0 Å². The van der Waals surface area contributed by atoms with Crippen molar-refractivity contribution in [1.82, 2.24) is 0 Å². The van der Waals surface area contributed by atoms with Gasteiger partial charge in [0.25, 0.3) is 0 Å². The first-order valence-corrected chi connectivity index (χ1v) is 11.3. The molecule has 0 aromatic heterocycles. The van der Waals surface area contributed by atoms with Gasteiger partial charge in [-0.25, -0.2) is 4.57 Å². The highest BCUT2D eigenvalue weighted by molar-refractivity contribution is 7.53. The number of para-hydroxylation sites is 1. The maximum Gasteiger partial charge on any atom is 0.435 e. The van der Waals surface area contributed by atoms with Crippen molar-refractivity contribution in [2.45, 2.75) is 45.2 Å². The Hall–Kier alpha value is -2.25. The van der Waals surface area contributed by atoms with Crippen LogP contribution in [0.15, 0.2) is 78.6 Å². The van der Waals surface area contributed by atoms with Gasteiger partial charge in [0.2, 0.25) is 0 Å². The Bertz CT molecular complexity index is 838. The van der Waals surface area contributed by atoms with Crippen LogP contribution in [0.1, 0.15) is 50.2 Å². The van der Waals surface area contributed by atoms with Crippen LogP contribution in [0.4, 0.5) is 0 Å². The summed E-state index contributed by atoms with van der Waals surface area (Å²) >= 11 is 0. The van der Waals surface area contributed by atoms with E-state index in [1.54, 1.807) is 12.1 Å². The van der Waals surface area contributed by atoms with Gasteiger partial charge < -0.3 is 9.05 Å². The maximum absolute atomic E-state index is 13.6. The molecule has 0 saturated heterocycles. The molecule has 1 aliphatic rings. The highest BCUT2D eigenvalue weighted by atomic mass is 31.2. The van der Waals surface area contributed by atoms with E-state index in [9.17, 15) is 4.57 Å². The molecule has 0 amide bonds. The lowest BCUT2D eigenvalue weighted by Crippen LogP contribution is -2.02. The van der Waals surface area contributed by atoms with E-state index >= 15 is 0 Å². The van der Waals surface area contributed by atoms with E-state index in [0.717, 1.165) is 24.8 Å². The van der Waals surface area contributed by atoms with Crippen LogP contribution in [0.5, 0.6) is 5.75 Å². The molecule has 4 heteroatoms. The van der Waals surface area contributed by atoms with Crippen molar-refractivity contribution in [3.05, 3.63) is 89.7 Å². The minimum absolute atomic E-state index is 0.230. The van der Waals surface area contributed by atoms with Gasteiger partial charge in [-0.15, -0.1) is 0 Å². The summed E-state index contributed by atoms with van der Waals surface area (Å²) in [5.74, 6) is 1.69. The van der Waals surface area contributed by atoms with Crippen LogP contribution < -0.4 is 4.52 Å². The molecule has 2 aromatic carbocycles. The molecule has 2 atom stereocenters. The second-order valence-electron chi connectivity index (χ2n) is 6.90. The summed E-state index contributed by atoms with van der Waals surface area (Å²) in [4.78, 5) is 0. The Kier molecular flexibility index (Phi) is 6.58. The molecular formula is C23H27O3P. The minimum atomic E-state index is -3.40. The molecule has 27 heavy (non-hydrogen) atoms. The lowest BCUT2D eigenvalue weighted by Gasteiger charge is -2.22. The minimum Gasteiger partial charge on any atom is -0.416 e. The summed E-state index contributed by atoms with van der Waals surface area (Å²) in [5.41, 5.74) is 2.24. The van der Waals surface area contributed by atoms with E-state index in [4.69, 9.17) is 9.05 Å². The normalized spacial score (nSPS) is 16.9. The molecule has 0 N–H and O–H groups in total. The van der Waals surface area contributed by atoms with Crippen molar-refractivity contribution in [1.29, 1.82) is 0 Å². The Morgan fingerprint density at radius 3 is 2.37 bits per heavy atom. The molecule has 0 fully saturated rings. The molecule has 1 aliphatic carbocycles. The first-order chi connectivity index (χ1) is 13.1. The van der Waals surface area contributed by atoms with E-state index in [1.807, 2.05) is 48.6 Å². The van der Waals surface area contributed by atoms with Crippen molar-refractivity contribution in [3.63, 3.8) is 0 Å². The predicted octanol–water partition coefficient (Wildman–Crippen LogP) is 7.22. The van der Waals surface area contributed by atoms with Gasteiger partial charge in [-0.2, -0.15) is 0 Å². The van der Waals surface area contributed by atoms with E-state index < -0.39 is 7.60 Å². The third-order valence-electron chi connectivity index (χ3n) is 4.73. The Balaban J connectivity index is 1.81. The zero-order valence-electron chi connectivity index (χ0n) is 16.0. The van der Waals surface area contributed by atoms with Crippen LogP contribution in [0.25, 0.3) is 0 Å². The van der Waals surface area contributed by atoms with Crippen LogP contribution in [0.2, 0.25) is 0 Å². The predicted molar refractivity (Wildman–Crippen MR) is 111 cm³/mol. The second kappa shape index (κ2) is 9.10. The number of allylic oxidation sites excluding steroid dienone is 3. The Morgan fingerprint density at radius 1 is 1.00 bits per heavy atom. The lowest BCUT2D eigenvalue weighted by molar-refractivity contribution is 0.335. The van der Waals surface area contributed by atoms with Gasteiger partial charge in [0.05, 0.1) is 6.16 Å². The van der Waals surface area contributed by atoms with E-state index in [-0.39, 0.29) is 6.16 Å². The number of hydrogen-bond donors (Lipinski definition) is 0. The summed E-state index contributed by atoms with van der Waals surface area (Å²) in [6.07, 6.45) is 9.06. The molecule has 0 spiro atoms. The summed E-state index contributed by atoms with van der Waals surface area (Å²) < 4.78 is 25.3. The fourth-order valence-corrected chi connectivity index (χ4v) is 4.68. The molecule has 2 unspecified atom stereocenters. The summed E-state index contributed by atoms with van der Waals surface area (Å²) in [6.45, 7) is 4.39.